The van der Waals surface area contributed by atoms with Gasteiger partial charge in [-0.25, -0.2) is 9.78 Å². The third kappa shape index (κ3) is 3.64. The lowest BCUT2D eigenvalue weighted by molar-refractivity contribution is -0.151. The summed E-state index contributed by atoms with van der Waals surface area (Å²) in [4.78, 5) is 34.3. The lowest BCUT2D eigenvalue weighted by Crippen LogP contribution is -2.64. The van der Waals surface area contributed by atoms with Crippen LogP contribution in [0.15, 0.2) is 33.8 Å². The Labute approximate surface area is 192 Å². The maximum Gasteiger partial charge on any atom is 0.391 e. The maximum absolute atomic E-state index is 13.2. The Morgan fingerprint density at radius 3 is 2.50 bits per heavy atom. The van der Waals surface area contributed by atoms with Gasteiger partial charge in [-0.3, -0.25) is 13.9 Å². The lowest BCUT2D eigenvalue weighted by atomic mass is 9.90. The molecule has 3 aliphatic rings. The largest absolute Gasteiger partial charge is 0.391 e. The van der Waals surface area contributed by atoms with Crippen LogP contribution in [0.1, 0.15) is 43.6 Å². The first kappa shape index (κ1) is 22.5. The number of anilines is 1. The maximum atomic E-state index is 13.2. The van der Waals surface area contributed by atoms with Crippen LogP contribution >= 0.6 is 0 Å². The predicted octanol–water partition coefficient (Wildman–Crippen LogP) is 2.90. The quantitative estimate of drug-likeness (QED) is 0.573. The number of fused-ring (bicyclic) bond motifs is 4. The summed E-state index contributed by atoms with van der Waals surface area (Å²) in [7, 11) is 1.52. The number of halogens is 3. The summed E-state index contributed by atoms with van der Waals surface area (Å²) in [5.41, 5.74) is -1.05. The van der Waals surface area contributed by atoms with E-state index in [0.29, 0.717) is 30.1 Å². The van der Waals surface area contributed by atoms with Gasteiger partial charge in [0.2, 0.25) is 0 Å². The van der Waals surface area contributed by atoms with Crippen molar-refractivity contribution in [2.75, 3.05) is 18.0 Å². The summed E-state index contributed by atoms with van der Waals surface area (Å²) in [5.74, 6) is 0.468. The normalized spacial score (nSPS) is 21.0. The summed E-state index contributed by atoms with van der Waals surface area (Å²) in [6, 6.07) is 4.96. The van der Waals surface area contributed by atoms with E-state index in [0.717, 1.165) is 12.8 Å². The Morgan fingerprint density at radius 2 is 1.88 bits per heavy atom. The Morgan fingerprint density at radius 1 is 1.15 bits per heavy atom. The smallest absolute Gasteiger partial charge is 0.364 e. The van der Waals surface area contributed by atoms with E-state index >= 15 is 0 Å². The second kappa shape index (κ2) is 7.60. The zero-order valence-electron chi connectivity index (χ0n) is 19.0. The van der Waals surface area contributed by atoms with E-state index in [4.69, 9.17) is 4.52 Å². The van der Waals surface area contributed by atoms with Gasteiger partial charge in [-0.2, -0.15) is 13.2 Å². The first-order valence-electron chi connectivity index (χ1n) is 11.1. The molecule has 0 saturated carbocycles. The van der Waals surface area contributed by atoms with Crippen LogP contribution in [0.4, 0.5) is 19.0 Å². The first-order chi connectivity index (χ1) is 16.0. The molecule has 0 radical (unpaired) electrons. The van der Waals surface area contributed by atoms with Crippen LogP contribution in [0, 0.1) is 0 Å². The molecule has 0 aromatic carbocycles. The highest BCUT2D eigenvalue weighted by Gasteiger charge is 2.43. The number of nitrogens with zero attached hydrogens (tertiary/aromatic N) is 6. The number of alkyl halides is 3. The molecule has 2 atom stereocenters. The molecule has 3 fully saturated rings. The number of aryl methyl sites for hydroxylation is 1. The highest BCUT2D eigenvalue weighted by atomic mass is 19.4. The standard InChI is InChI=1S/C22H25F3N6O3/c1-21(2,12-22(23,24)25)31-16-6-7-17(26-18(16)28(3)20(31)33)29-10-14-5-4-13(29)11-30(14)19(32)15-8-9-34-27-15/h6-9,13-14H,4-5,10-12H2,1-3H3. The fraction of sp³-hybridized carbons (Fsp3) is 0.545. The van der Waals surface area contributed by atoms with Crippen LogP contribution in [0.5, 0.6) is 0 Å². The minimum Gasteiger partial charge on any atom is -0.364 e. The summed E-state index contributed by atoms with van der Waals surface area (Å²) >= 11 is 0. The molecule has 3 aliphatic heterocycles. The SMILES string of the molecule is Cn1c(=O)n(C(C)(C)CC(F)(F)F)c2ccc(N3CC4CCC3CN4C(=O)c3ccon3)nc21. The number of piperidine rings is 2. The van der Waals surface area contributed by atoms with Crippen LogP contribution in [0.2, 0.25) is 0 Å². The van der Waals surface area contributed by atoms with Crippen molar-refractivity contribution >= 4 is 22.9 Å². The molecule has 3 aromatic rings. The van der Waals surface area contributed by atoms with Crippen LogP contribution < -0.4 is 10.6 Å². The number of rotatable bonds is 4. The van der Waals surface area contributed by atoms with Gasteiger partial charge in [0, 0.05) is 38.3 Å². The van der Waals surface area contributed by atoms with Crippen molar-refractivity contribution in [2.24, 2.45) is 7.05 Å². The summed E-state index contributed by atoms with van der Waals surface area (Å²) in [6.07, 6.45) is -2.45. The fourth-order valence-corrected chi connectivity index (χ4v) is 5.34. The summed E-state index contributed by atoms with van der Waals surface area (Å²) in [6.45, 7) is 3.88. The number of pyridine rings is 1. The van der Waals surface area contributed by atoms with Gasteiger partial charge in [-0.05, 0) is 38.8 Å². The van der Waals surface area contributed by atoms with Gasteiger partial charge in [0.15, 0.2) is 11.3 Å². The Bertz CT molecular complexity index is 1290. The number of hydrogen-bond donors (Lipinski definition) is 0. The van der Waals surface area contributed by atoms with E-state index in [1.807, 2.05) is 4.90 Å². The first-order valence-corrected chi connectivity index (χ1v) is 11.1. The van der Waals surface area contributed by atoms with Crippen molar-refractivity contribution in [1.82, 2.24) is 24.2 Å². The van der Waals surface area contributed by atoms with Gasteiger partial charge in [0.1, 0.15) is 12.1 Å². The van der Waals surface area contributed by atoms with E-state index in [1.165, 1.54) is 36.3 Å². The van der Waals surface area contributed by atoms with Gasteiger partial charge in [-0.15, -0.1) is 0 Å². The monoisotopic (exact) mass is 478 g/mol. The van der Waals surface area contributed by atoms with Crippen molar-refractivity contribution in [1.29, 1.82) is 0 Å². The molecule has 2 unspecified atom stereocenters. The van der Waals surface area contributed by atoms with E-state index < -0.39 is 23.8 Å². The third-order valence-corrected chi connectivity index (χ3v) is 6.86. The van der Waals surface area contributed by atoms with E-state index in [2.05, 4.69) is 15.0 Å². The molecule has 2 bridgehead atoms. The van der Waals surface area contributed by atoms with Crippen molar-refractivity contribution in [3.05, 3.63) is 40.6 Å². The van der Waals surface area contributed by atoms with Gasteiger partial charge < -0.3 is 14.3 Å². The molecule has 34 heavy (non-hydrogen) atoms. The Kier molecular flexibility index (Phi) is 5.03. The molecular formula is C22H25F3N6O3. The highest BCUT2D eigenvalue weighted by molar-refractivity contribution is 5.92. The number of carbonyl (C=O) groups is 1. The number of carbonyl (C=O) groups excluding carboxylic acids is 1. The molecule has 12 heteroatoms. The Balaban J connectivity index is 1.46. The fourth-order valence-electron chi connectivity index (χ4n) is 5.34. The van der Waals surface area contributed by atoms with Crippen molar-refractivity contribution in [3.8, 4) is 0 Å². The van der Waals surface area contributed by atoms with Crippen LogP contribution in [-0.4, -0.2) is 61.4 Å². The van der Waals surface area contributed by atoms with Gasteiger partial charge in [0.25, 0.3) is 5.91 Å². The molecule has 0 spiro atoms. The molecular weight excluding hydrogens is 453 g/mol. The van der Waals surface area contributed by atoms with Crippen LogP contribution in [0.3, 0.4) is 0 Å². The van der Waals surface area contributed by atoms with Gasteiger partial charge >= 0.3 is 11.9 Å². The number of imidazole rings is 1. The van der Waals surface area contributed by atoms with Crippen LogP contribution in [0.25, 0.3) is 11.2 Å². The molecule has 6 heterocycles. The molecule has 0 N–H and O–H groups in total. The molecule has 1 amide bonds. The lowest BCUT2D eigenvalue weighted by Gasteiger charge is -2.51. The topological polar surface area (TPSA) is 89.4 Å². The summed E-state index contributed by atoms with van der Waals surface area (Å²) in [5, 5.41) is 3.75. The van der Waals surface area contributed by atoms with E-state index in [1.54, 1.807) is 18.2 Å². The summed E-state index contributed by atoms with van der Waals surface area (Å²) < 4.78 is 46.8. The molecule has 6 rings (SSSR count). The molecule has 0 aliphatic carbocycles. The average Bonchev–Trinajstić information content (AvgIpc) is 3.39. The highest BCUT2D eigenvalue weighted by Crippen LogP contribution is 2.36. The average molecular weight is 478 g/mol. The second-order valence-corrected chi connectivity index (χ2v) is 9.67. The minimum absolute atomic E-state index is 0.0224. The molecule has 3 saturated heterocycles. The molecule has 182 valence electrons. The van der Waals surface area contributed by atoms with Crippen LogP contribution in [-0.2, 0) is 12.6 Å². The van der Waals surface area contributed by atoms with Crippen molar-refractivity contribution < 1.29 is 22.5 Å². The minimum atomic E-state index is -4.42. The molecule has 3 aromatic heterocycles. The third-order valence-electron chi connectivity index (χ3n) is 6.86. The van der Waals surface area contributed by atoms with Gasteiger partial charge in [-0.1, -0.05) is 5.16 Å². The number of aromatic nitrogens is 4. The Hall–Kier alpha value is -3.31. The van der Waals surface area contributed by atoms with Crippen molar-refractivity contribution in [3.63, 3.8) is 0 Å². The number of hydrogen-bond acceptors (Lipinski definition) is 6. The van der Waals surface area contributed by atoms with E-state index in [9.17, 15) is 22.8 Å². The van der Waals surface area contributed by atoms with Crippen molar-refractivity contribution in [2.45, 2.75) is 56.9 Å². The predicted molar refractivity (Wildman–Crippen MR) is 117 cm³/mol. The van der Waals surface area contributed by atoms with Gasteiger partial charge in [0.05, 0.1) is 17.5 Å². The molecule has 9 nitrogen and oxygen atoms in total. The van der Waals surface area contributed by atoms with E-state index in [-0.39, 0.29) is 23.7 Å². The number of amides is 1. The number of piperazine rings is 1. The zero-order chi connectivity index (χ0) is 24.4. The second-order valence-electron chi connectivity index (χ2n) is 9.67. The zero-order valence-corrected chi connectivity index (χ0v) is 19.0.